The SMILES string of the molecule is CNCc1cn(S(=O)(=O)c2cccnc2)c2cc(Nc3cc(Cl)cnc3C)ccc12.Cl. The summed E-state index contributed by atoms with van der Waals surface area (Å²) in [7, 11) is -1.98. The van der Waals surface area contributed by atoms with Gasteiger partial charge >= 0.3 is 0 Å². The van der Waals surface area contributed by atoms with E-state index in [-0.39, 0.29) is 17.3 Å². The van der Waals surface area contributed by atoms with Crippen molar-refractivity contribution in [3.8, 4) is 0 Å². The zero-order chi connectivity index (χ0) is 21.3. The summed E-state index contributed by atoms with van der Waals surface area (Å²) in [6.45, 7) is 2.41. The maximum Gasteiger partial charge on any atom is 0.269 e. The second kappa shape index (κ2) is 9.23. The van der Waals surface area contributed by atoms with Gasteiger partial charge in [-0.2, -0.15) is 0 Å². The number of pyridine rings is 2. The normalized spacial score (nSPS) is 11.3. The second-order valence-electron chi connectivity index (χ2n) is 6.82. The van der Waals surface area contributed by atoms with Crippen LogP contribution in [0, 0.1) is 6.92 Å². The van der Waals surface area contributed by atoms with Crippen LogP contribution < -0.4 is 10.6 Å². The van der Waals surface area contributed by atoms with Gasteiger partial charge in [0.25, 0.3) is 10.0 Å². The molecule has 0 aliphatic carbocycles. The second-order valence-corrected chi connectivity index (χ2v) is 9.07. The summed E-state index contributed by atoms with van der Waals surface area (Å²) in [5.41, 5.74) is 3.72. The molecule has 2 N–H and O–H groups in total. The maximum absolute atomic E-state index is 13.3. The lowest BCUT2D eigenvalue weighted by atomic mass is 10.1. The molecule has 0 fully saturated rings. The lowest BCUT2D eigenvalue weighted by Crippen LogP contribution is -2.12. The fourth-order valence-electron chi connectivity index (χ4n) is 3.28. The van der Waals surface area contributed by atoms with Gasteiger partial charge in [0, 0.05) is 42.4 Å². The summed E-state index contributed by atoms with van der Waals surface area (Å²) in [5, 5.41) is 7.74. The lowest BCUT2D eigenvalue weighted by molar-refractivity contribution is 0.588. The minimum Gasteiger partial charge on any atom is -0.354 e. The van der Waals surface area contributed by atoms with E-state index < -0.39 is 10.0 Å². The van der Waals surface area contributed by atoms with E-state index in [1.165, 1.54) is 16.2 Å². The number of anilines is 2. The highest BCUT2D eigenvalue weighted by Gasteiger charge is 2.21. The van der Waals surface area contributed by atoms with Crippen molar-refractivity contribution < 1.29 is 8.42 Å². The van der Waals surface area contributed by atoms with E-state index in [1.807, 2.05) is 32.2 Å². The molecule has 0 saturated carbocycles. The summed E-state index contributed by atoms with van der Waals surface area (Å²) >= 11 is 6.07. The van der Waals surface area contributed by atoms with Crippen LogP contribution in [0.4, 0.5) is 11.4 Å². The molecule has 0 radical (unpaired) electrons. The number of benzene rings is 1. The zero-order valence-electron chi connectivity index (χ0n) is 16.8. The number of hydrogen-bond donors (Lipinski definition) is 2. The fraction of sp³-hybridized carbons (Fsp3) is 0.143. The van der Waals surface area contributed by atoms with Gasteiger partial charge < -0.3 is 10.6 Å². The van der Waals surface area contributed by atoms with Crippen LogP contribution in [0.2, 0.25) is 5.02 Å². The summed E-state index contributed by atoms with van der Waals surface area (Å²) in [6.07, 6.45) is 6.13. The first-order valence-corrected chi connectivity index (χ1v) is 11.1. The standard InChI is InChI=1S/C21H20ClN5O2S.ClH/c1-14-20(8-16(22)11-25-14)26-17-5-6-19-15(10-23-2)13-27(21(19)9-17)30(28,29)18-4-3-7-24-12-18;/h3-9,11-13,23,26H,10H2,1-2H3;1H. The van der Waals surface area contributed by atoms with Gasteiger partial charge in [-0.15, -0.1) is 12.4 Å². The van der Waals surface area contributed by atoms with Crippen molar-refractivity contribution in [2.75, 3.05) is 12.4 Å². The molecule has 10 heteroatoms. The number of nitrogens with zero attached hydrogens (tertiary/aromatic N) is 3. The Hall–Kier alpha value is -2.65. The number of fused-ring (bicyclic) bond motifs is 1. The maximum atomic E-state index is 13.3. The predicted octanol–water partition coefficient (Wildman–Crippen LogP) is 4.51. The summed E-state index contributed by atoms with van der Waals surface area (Å²) < 4.78 is 27.9. The summed E-state index contributed by atoms with van der Waals surface area (Å²) in [6, 6.07) is 10.6. The third-order valence-electron chi connectivity index (χ3n) is 4.75. The van der Waals surface area contributed by atoms with E-state index in [4.69, 9.17) is 11.6 Å². The lowest BCUT2D eigenvalue weighted by Gasteiger charge is -2.11. The van der Waals surface area contributed by atoms with Crippen LogP contribution in [-0.4, -0.2) is 29.4 Å². The van der Waals surface area contributed by atoms with Gasteiger partial charge in [0.1, 0.15) is 4.90 Å². The minimum atomic E-state index is -3.80. The molecule has 0 spiro atoms. The van der Waals surface area contributed by atoms with Gasteiger partial charge in [-0.3, -0.25) is 9.97 Å². The van der Waals surface area contributed by atoms with Crippen molar-refractivity contribution in [3.63, 3.8) is 0 Å². The van der Waals surface area contributed by atoms with E-state index in [0.717, 1.165) is 28.0 Å². The van der Waals surface area contributed by atoms with Gasteiger partial charge in [-0.05, 0) is 49.9 Å². The molecule has 0 unspecified atom stereocenters. The van der Waals surface area contributed by atoms with Crippen LogP contribution in [0.25, 0.3) is 10.9 Å². The Labute approximate surface area is 191 Å². The topological polar surface area (TPSA) is 88.9 Å². The van der Waals surface area contributed by atoms with Gasteiger partial charge in [-0.25, -0.2) is 12.4 Å². The highest BCUT2D eigenvalue weighted by Crippen LogP contribution is 2.30. The summed E-state index contributed by atoms with van der Waals surface area (Å²) in [5.74, 6) is 0. The highest BCUT2D eigenvalue weighted by atomic mass is 35.5. The molecule has 4 aromatic rings. The largest absolute Gasteiger partial charge is 0.354 e. The molecular formula is C21H21Cl2N5O2S. The van der Waals surface area contributed by atoms with E-state index in [1.54, 1.807) is 30.7 Å². The molecule has 0 amide bonds. The van der Waals surface area contributed by atoms with Crippen LogP contribution in [0.5, 0.6) is 0 Å². The third-order valence-corrected chi connectivity index (χ3v) is 6.61. The molecule has 0 bridgehead atoms. The molecule has 31 heavy (non-hydrogen) atoms. The quantitative estimate of drug-likeness (QED) is 0.424. The Morgan fingerprint density at radius 2 is 1.97 bits per heavy atom. The van der Waals surface area contributed by atoms with Gasteiger partial charge in [0.05, 0.1) is 21.9 Å². The van der Waals surface area contributed by atoms with Crippen LogP contribution in [0.1, 0.15) is 11.3 Å². The van der Waals surface area contributed by atoms with Crippen molar-refractivity contribution in [2.45, 2.75) is 18.4 Å². The fourth-order valence-corrected chi connectivity index (χ4v) is 4.78. The predicted molar refractivity (Wildman–Crippen MR) is 126 cm³/mol. The summed E-state index contributed by atoms with van der Waals surface area (Å²) in [4.78, 5) is 8.34. The first kappa shape index (κ1) is 23.0. The highest BCUT2D eigenvalue weighted by molar-refractivity contribution is 7.90. The molecule has 0 aliphatic heterocycles. The molecule has 3 aromatic heterocycles. The number of aryl methyl sites for hydroxylation is 1. The Balaban J connectivity index is 0.00000272. The molecule has 1 aromatic carbocycles. The number of nitrogens with one attached hydrogen (secondary N) is 2. The number of rotatable bonds is 6. The van der Waals surface area contributed by atoms with Crippen LogP contribution in [0.15, 0.2) is 66.1 Å². The van der Waals surface area contributed by atoms with E-state index >= 15 is 0 Å². The van der Waals surface area contributed by atoms with Crippen molar-refractivity contribution in [1.82, 2.24) is 19.3 Å². The number of halogens is 2. The van der Waals surface area contributed by atoms with Crippen molar-refractivity contribution in [1.29, 1.82) is 0 Å². The zero-order valence-corrected chi connectivity index (χ0v) is 19.2. The Morgan fingerprint density at radius 1 is 1.16 bits per heavy atom. The monoisotopic (exact) mass is 477 g/mol. The molecule has 162 valence electrons. The van der Waals surface area contributed by atoms with Crippen molar-refractivity contribution in [3.05, 3.63) is 77.5 Å². The number of aromatic nitrogens is 3. The molecule has 4 rings (SSSR count). The van der Waals surface area contributed by atoms with Gasteiger partial charge in [0.15, 0.2) is 0 Å². The average Bonchev–Trinajstić information content (AvgIpc) is 3.10. The molecule has 0 atom stereocenters. The van der Waals surface area contributed by atoms with E-state index in [2.05, 4.69) is 20.6 Å². The third kappa shape index (κ3) is 4.52. The molecule has 0 saturated heterocycles. The van der Waals surface area contributed by atoms with E-state index in [9.17, 15) is 8.42 Å². The number of hydrogen-bond acceptors (Lipinski definition) is 6. The Kier molecular flexibility index (Phi) is 6.86. The molecular weight excluding hydrogens is 457 g/mol. The molecule has 7 nitrogen and oxygen atoms in total. The first-order valence-electron chi connectivity index (χ1n) is 9.23. The van der Waals surface area contributed by atoms with Crippen LogP contribution >= 0.6 is 24.0 Å². The molecule has 3 heterocycles. The smallest absolute Gasteiger partial charge is 0.269 e. The minimum absolute atomic E-state index is 0. The van der Waals surface area contributed by atoms with Crippen LogP contribution in [0.3, 0.4) is 0 Å². The van der Waals surface area contributed by atoms with E-state index in [0.29, 0.717) is 17.1 Å². The first-order chi connectivity index (χ1) is 14.4. The van der Waals surface area contributed by atoms with Gasteiger partial charge in [0.2, 0.25) is 0 Å². The Morgan fingerprint density at radius 3 is 2.68 bits per heavy atom. The molecule has 0 aliphatic rings. The van der Waals surface area contributed by atoms with Gasteiger partial charge in [-0.1, -0.05) is 17.7 Å². The van der Waals surface area contributed by atoms with Crippen molar-refractivity contribution >= 4 is 56.3 Å². The van der Waals surface area contributed by atoms with Crippen molar-refractivity contribution in [2.24, 2.45) is 0 Å². The average molecular weight is 478 g/mol. The van der Waals surface area contributed by atoms with Crippen LogP contribution in [-0.2, 0) is 16.6 Å². The Bertz CT molecular complexity index is 1320.